The van der Waals surface area contributed by atoms with Crippen molar-refractivity contribution in [2.45, 2.75) is 0 Å². The van der Waals surface area contributed by atoms with E-state index in [0.717, 1.165) is 5.69 Å². The molecule has 2 fully saturated rings. The lowest BCUT2D eigenvalue weighted by Crippen LogP contribution is -2.39. The van der Waals surface area contributed by atoms with Crippen LogP contribution in [0.4, 0.5) is 5.69 Å². The number of likely N-dealkylation sites (tertiary alicyclic amines) is 1. The molecule has 2 N–H and O–H groups in total. The van der Waals surface area contributed by atoms with E-state index in [9.17, 15) is 14.7 Å². The molecule has 2 saturated heterocycles. The molecule has 2 aromatic rings. The van der Waals surface area contributed by atoms with Crippen LogP contribution >= 0.6 is 11.6 Å². The minimum Gasteiger partial charge on any atom is -0.477 e. The van der Waals surface area contributed by atoms with E-state index in [1.807, 2.05) is 4.90 Å². The van der Waals surface area contributed by atoms with Crippen molar-refractivity contribution in [3.63, 3.8) is 0 Å². The Hall–Kier alpha value is -2.65. The molecule has 0 bridgehead atoms. The Morgan fingerprint density at radius 3 is 2.75 bits per heavy atom. The lowest BCUT2D eigenvalue weighted by molar-refractivity contribution is 0.0688. The van der Waals surface area contributed by atoms with Gasteiger partial charge in [-0.2, -0.15) is 5.10 Å². The van der Waals surface area contributed by atoms with E-state index in [1.165, 1.54) is 16.9 Å². The fourth-order valence-corrected chi connectivity index (χ4v) is 4.50. The SMILES string of the molecule is Cn1cc(Cl)c(C(=O)N2C[C@@H]3CN(c4ccnc(C(=O)O)c4)C[C@]3(CO)C2)n1. The van der Waals surface area contributed by atoms with E-state index < -0.39 is 11.4 Å². The zero-order valence-corrected chi connectivity index (χ0v) is 16.0. The molecule has 28 heavy (non-hydrogen) atoms. The van der Waals surface area contributed by atoms with Crippen molar-refractivity contribution in [2.24, 2.45) is 18.4 Å². The molecule has 0 aliphatic carbocycles. The zero-order valence-electron chi connectivity index (χ0n) is 15.2. The van der Waals surface area contributed by atoms with Crippen LogP contribution in [0.1, 0.15) is 21.0 Å². The Morgan fingerprint density at radius 2 is 2.14 bits per heavy atom. The summed E-state index contributed by atoms with van der Waals surface area (Å²) in [6, 6.07) is 3.29. The van der Waals surface area contributed by atoms with E-state index >= 15 is 0 Å². The molecule has 1 amide bonds. The highest BCUT2D eigenvalue weighted by Crippen LogP contribution is 2.44. The lowest BCUT2D eigenvalue weighted by Gasteiger charge is -2.28. The number of nitrogens with zero attached hydrogens (tertiary/aromatic N) is 5. The molecule has 148 valence electrons. The monoisotopic (exact) mass is 405 g/mol. The summed E-state index contributed by atoms with van der Waals surface area (Å²) in [7, 11) is 1.70. The van der Waals surface area contributed by atoms with Crippen molar-refractivity contribution < 1.29 is 19.8 Å². The number of halogens is 1. The molecule has 0 aromatic carbocycles. The van der Waals surface area contributed by atoms with E-state index in [-0.39, 0.29) is 29.8 Å². The maximum atomic E-state index is 12.8. The van der Waals surface area contributed by atoms with Crippen molar-refractivity contribution in [1.82, 2.24) is 19.7 Å². The molecule has 10 heteroatoms. The van der Waals surface area contributed by atoms with Gasteiger partial charge in [0.25, 0.3) is 5.91 Å². The second-order valence-electron chi connectivity index (χ2n) is 7.49. The number of hydrogen-bond donors (Lipinski definition) is 2. The lowest BCUT2D eigenvalue weighted by atomic mass is 9.82. The van der Waals surface area contributed by atoms with Crippen molar-refractivity contribution in [3.8, 4) is 0 Å². The second kappa shape index (κ2) is 6.75. The first-order valence-electron chi connectivity index (χ1n) is 8.86. The van der Waals surface area contributed by atoms with Gasteiger partial charge in [-0.15, -0.1) is 0 Å². The predicted octanol–water partition coefficient (Wildman–Crippen LogP) is 0.738. The maximum absolute atomic E-state index is 12.8. The van der Waals surface area contributed by atoms with Crippen LogP contribution in [0, 0.1) is 11.3 Å². The largest absolute Gasteiger partial charge is 0.477 e. The Balaban J connectivity index is 1.54. The normalized spacial score (nSPS) is 23.9. The van der Waals surface area contributed by atoms with Gasteiger partial charge >= 0.3 is 5.97 Å². The summed E-state index contributed by atoms with van der Waals surface area (Å²) < 4.78 is 1.50. The third-order valence-electron chi connectivity index (χ3n) is 5.68. The quantitative estimate of drug-likeness (QED) is 0.771. The number of carboxylic acid groups (broad SMARTS) is 1. The van der Waals surface area contributed by atoms with Crippen LogP contribution in [0.5, 0.6) is 0 Å². The molecule has 4 heterocycles. The minimum atomic E-state index is -1.08. The van der Waals surface area contributed by atoms with Gasteiger partial charge in [-0.05, 0) is 12.1 Å². The second-order valence-corrected chi connectivity index (χ2v) is 7.89. The fourth-order valence-electron chi connectivity index (χ4n) is 4.24. The molecular weight excluding hydrogens is 386 g/mol. The van der Waals surface area contributed by atoms with E-state index in [0.29, 0.717) is 31.2 Å². The number of aromatic nitrogens is 3. The van der Waals surface area contributed by atoms with Gasteiger partial charge < -0.3 is 20.0 Å². The van der Waals surface area contributed by atoms with Gasteiger partial charge in [0.2, 0.25) is 0 Å². The third kappa shape index (κ3) is 3.00. The van der Waals surface area contributed by atoms with Crippen molar-refractivity contribution in [3.05, 3.63) is 40.9 Å². The Labute approximate surface area is 166 Å². The maximum Gasteiger partial charge on any atom is 0.354 e. The van der Waals surface area contributed by atoms with Crippen molar-refractivity contribution in [1.29, 1.82) is 0 Å². The van der Waals surface area contributed by atoms with E-state index in [4.69, 9.17) is 16.7 Å². The van der Waals surface area contributed by atoms with Crippen molar-refractivity contribution >= 4 is 29.2 Å². The highest BCUT2D eigenvalue weighted by Gasteiger charge is 2.53. The molecule has 2 atom stereocenters. The number of carbonyl (C=O) groups excluding carboxylic acids is 1. The molecule has 2 aromatic heterocycles. The Morgan fingerprint density at radius 1 is 1.36 bits per heavy atom. The summed E-state index contributed by atoms with van der Waals surface area (Å²) in [6.07, 6.45) is 3.05. The average molecular weight is 406 g/mol. The fraction of sp³-hybridized carbons (Fsp3) is 0.444. The highest BCUT2D eigenvalue weighted by atomic mass is 35.5. The predicted molar refractivity (Wildman–Crippen MR) is 101 cm³/mol. The molecular formula is C18H20ClN5O4. The number of amides is 1. The minimum absolute atomic E-state index is 0.0193. The van der Waals surface area contributed by atoms with Gasteiger partial charge in [-0.3, -0.25) is 9.48 Å². The van der Waals surface area contributed by atoms with Crippen LogP contribution < -0.4 is 4.90 Å². The van der Waals surface area contributed by atoms with Gasteiger partial charge in [0.15, 0.2) is 5.69 Å². The van der Waals surface area contributed by atoms with E-state index in [1.54, 1.807) is 24.2 Å². The smallest absolute Gasteiger partial charge is 0.354 e. The molecule has 2 aliphatic rings. The number of fused-ring (bicyclic) bond motifs is 1. The summed E-state index contributed by atoms with van der Waals surface area (Å²) in [5, 5.41) is 23.8. The first-order valence-corrected chi connectivity index (χ1v) is 9.24. The van der Waals surface area contributed by atoms with Gasteiger partial charge in [0, 0.05) is 62.6 Å². The number of aryl methyl sites for hydroxylation is 1. The molecule has 0 unspecified atom stereocenters. The number of anilines is 1. The molecule has 0 spiro atoms. The summed E-state index contributed by atoms with van der Waals surface area (Å²) in [6.45, 7) is 1.96. The number of aliphatic hydroxyl groups excluding tert-OH is 1. The summed E-state index contributed by atoms with van der Waals surface area (Å²) >= 11 is 6.11. The van der Waals surface area contributed by atoms with E-state index in [2.05, 4.69) is 10.1 Å². The Bertz CT molecular complexity index is 948. The van der Waals surface area contributed by atoms with Crippen LogP contribution in [0.15, 0.2) is 24.5 Å². The average Bonchev–Trinajstić information content (AvgIpc) is 3.31. The van der Waals surface area contributed by atoms with Crippen LogP contribution in [0.3, 0.4) is 0 Å². The van der Waals surface area contributed by atoms with Crippen molar-refractivity contribution in [2.75, 3.05) is 37.7 Å². The zero-order chi connectivity index (χ0) is 20.1. The van der Waals surface area contributed by atoms with Crippen LogP contribution in [-0.4, -0.2) is 74.5 Å². The molecule has 4 rings (SSSR count). The standard InChI is InChI=1S/C18H20ClN5O4/c1-22-7-13(19)15(21-22)16(26)24-6-11-5-23(8-18(11,9-24)10-25)12-2-3-20-14(4-12)17(27)28/h2-4,7,11,25H,5-6,8-10H2,1H3,(H,27,28)/t11-,18+/m0/s1. The summed E-state index contributed by atoms with van der Waals surface area (Å²) in [5.74, 6) is -1.26. The van der Waals surface area contributed by atoms with Gasteiger partial charge in [-0.1, -0.05) is 11.6 Å². The number of aromatic carboxylic acids is 1. The number of aliphatic hydroxyl groups is 1. The first kappa shape index (κ1) is 18.7. The molecule has 0 saturated carbocycles. The van der Waals surface area contributed by atoms with Gasteiger partial charge in [0.1, 0.15) is 5.69 Å². The van der Waals surface area contributed by atoms with Gasteiger partial charge in [-0.25, -0.2) is 9.78 Å². The number of hydrogen-bond acceptors (Lipinski definition) is 6. The topological polar surface area (TPSA) is 112 Å². The molecule has 0 radical (unpaired) electrons. The number of pyridine rings is 1. The number of carbonyl (C=O) groups is 2. The van der Waals surface area contributed by atoms with Crippen LogP contribution in [0.2, 0.25) is 5.02 Å². The Kier molecular flexibility index (Phi) is 4.51. The summed E-state index contributed by atoms with van der Waals surface area (Å²) in [5.41, 5.74) is 0.479. The van der Waals surface area contributed by atoms with Crippen LogP contribution in [-0.2, 0) is 7.05 Å². The molecule has 9 nitrogen and oxygen atoms in total. The molecule has 2 aliphatic heterocycles. The van der Waals surface area contributed by atoms with Gasteiger partial charge in [0.05, 0.1) is 11.6 Å². The summed E-state index contributed by atoms with van der Waals surface area (Å²) in [4.78, 5) is 31.6. The first-order chi connectivity index (χ1) is 13.3. The number of rotatable bonds is 4. The highest BCUT2D eigenvalue weighted by molar-refractivity contribution is 6.33. The third-order valence-corrected chi connectivity index (χ3v) is 5.95. The van der Waals surface area contributed by atoms with Crippen LogP contribution in [0.25, 0.3) is 0 Å². The number of carboxylic acids is 1.